The summed E-state index contributed by atoms with van der Waals surface area (Å²) in [4.78, 5) is 2.28. The Labute approximate surface area is 97.2 Å². The van der Waals surface area contributed by atoms with Crippen molar-refractivity contribution in [3.63, 3.8) is 0 Å². The number of nitrogens with zero attached hydrogens (tertiary/aromatic N) is 1. The maximum absolute atomic E-state index is 6.14. The molecule has 0 bridgehead atoms. The molecule has 3 heteroatoms. The third-order valence-corrected chi connectivity index (χ3v) is 3.14. The van der Waals surface area contributed by atoms with Crippen molar-refractivity contribution in [3.8, 4) is 5.75 Å². The summed E-state index contributed by atoms with van der Waals surface area (Å²) in [7, 11) is 2.12. The second kappa shape index (κ2) is 4.85. The van der Waals surface area contributed by atoms with E-state index in [1.807, 2.05) is 19.1 Å². The van der Waals surface area contributed by atoms with Crippen LogP contribution in [0.1, 0.15) is 18.4 Å². The summed E-state index contributed by atoms with van der Waals surface area (Å²) in [5.41, 5.74) is 7.44. The molecule has 3 nitrogen and oxygen atoms in total. The van der Waals surface area contributed by atoms with Crippen LogP contribution in [0.3, 0.4) is 0 Å². The first-order valence-electron chi connectivity index (χ1n) is 5.87. The second-order valence-corrected chi connectivity index (χ2v) is 4.50. The molecule has 1 fully saturated rings. The summed E-state index contributed by atoms with van der Waals surface area (Å²) < 4.78 is 5.51. The van der Waals surface area contributed by atoms with Gasteiger partial charge in [0.2, 0.25) is 0 Å². The fourth-order valence-corrected chi connectivity index (χ4v) is 2.39. The van der Waals surface area contributed by atoms with E-state index in [0.717, 1.165) is 18.8 Å². The summed E-state index contributed by atoms with van der Waals surface area (Å²) in [6.45, 7) is 4.72. The van der Waals surface area contributed by atoms with Gasteiger partial charge in [0.25, 0.3) is 0 Å². The number of nitrogens with two attached hydrogens (primary N) is 1. The Morgan fingerprint density at radius 1 is 1.44 bits per heavy atom. The molecule has 2 N–H and O–H groups in total. The maximum Gasteiger partial charge on any atom is 0.119 e. The Bertz CT molecular complexity index is 354. The van der Waals surface area contributed by atoms with Crippen LogP contribution in [-0.4, -0.2) is 37.7 Å². The summed E-state index contributed by atoms with van der Waals surface area (Å²) in [5, 5.41) is 0. The molecule has 1 aromatic carbocycles. The zero-order valence-electron chi connectivity index (χ0n) is 10.0. The van der Waals surface area contributed by atoms with E-state index < -0.39 is 0 Å². The van der Waals surface area contributed by atoms with Gasteiger partial charge in [-0.25, -0.2) is 0 Å². The maximum atomic E-state index is 6.14. The van der Waals surface area contributed by atoms with Crippen molar-refractivity contribution < 1.29 is 4.74 Å². The van der Waals surface area contributed by atoms with Crippen LogP contribution in [0.5, 0.6) is 5.75 Å². The number of likely N-dealkylation sites (tertiary alicyclic amines) is 1. The number of benzene rings is 1. The summed E-state index contributed by atoms with van der Waals surface area (Å²) in [6.07, 6.45) is 0. The van der Waals surface area contributed by atoms with E-state index in [4.69, 9.17) is 10.5 Å². The zero-order chi connectivity index (χ0) is 11.5. The third kappa shape index (κ3) is 2.36. The minimum Gasteiger partial charge on any atom is -0.494 e. The van der Waals surface area contributed by atoms with Crippen molar-refractivity contribution in [1.29, 1.82) is 0 Å². The predicted molar refractivity (Wildman–Crippen MR) is 65.8 cm³/mol. The Morgan fingerprint density at radius 2 is 2.25 bits per heavy atom. The molecule has 1 heterocycles. The van der Waals surface area contributed by atoms with E-state index in [1.54, 1.807) is 0 Å². The highest BCUT2D eigenvalue weighted by Gasteiger charge is 2.29. The van der Waals surface area contributed by atoms with Gasteiger partial charge in [-0.1, -0.05) is 12.1 Å². The van der Waals surface area contributed by atoms with E-state index in [1.165, 1.54) is 5.56 Å². The lowest BCUT2D eigenvalue weighted by molar-refractivity contribution is 0.339. The SMILES string of the molecule is CCOc1cccc([C@H]2CN(C)C[C@@H]2N)c1. The molecule has 0 radical (unpaired) electrons. The lowest BCUT2D eigenvalue weighted by atomic mass is 9.95. The highest BCUT2D eigenvalue weighted by atomic mass is 16.5. The van der Waals surface area contributed by atoms with Crippen LogP contribution in [0.25, 0.3) is 0 Å². The first kappa shape index (κ1) is 11.4. The molecule has 0 aromatic heterocycles. The second-order valence-electron chi connectivity index (χ2n) is 4.50. The molecule has 1 aromatic rings. The number of ether oxygens (including phenoxy) is 1. The van der Waals surface area contributed by atoms with E-state index in [-0.39, 0.29) is 6.04 Å². The molecule has 88 valence electrons. The summed E-state index contributed by atoms with van der Waals surface area (Å²) in [5.74, 6) is 1.38. The molecule has 0 aliphatic carbocycles. The molecule has 1 saturated heterocycles. The largest absolute Gasteiger partial charge is 0.494 e. The van der Waals surface area contributed by atoms with Crippen molar-refractivity contribution in [2.75, 3.05) is 26.7 Å². The van der Waals surface area contributed by atoms with Crippen molar-refractivity contribution >= 4 is 0 Å². The smallest absolute Gasteiger partial charge is 0.119 e. The number of hydrogen-bond acceptors (Lipinski definition) is 3. The summed E-state index contributed by atoms with van der Waals surface area (Å²) in [6, 6.07) is 8.55. The summed E-state index contributed by atoms with van der Waals surface area (Å²) >= 11 is 0. The highest BCUT2D eigenvalue weighted by Crippen LogP contribution is 2.27. The van der Waals surface area contributed by atoms with Gasteiger partial charge >= 0.3 is 0 Å². The lowest BCUT2D eigenvalue weighted by Crippen LogP contribution is -2.27. The highest BCUT2D eigenvalue weighted by molar-refractivity contribution is 5.32. The quantitative estimate of drug-likeness (QED) is 0.837. The van der Waals surface area contributed by atoms with Gasteiger partial charge in [-0.05, 0) is 31.7 Å². The van der Waals surface area contributed by atoms with Crippen LogP contribution >= 0.6 is 0 Å². The molecular formula is C13H20N2O. The van der Waals surface area contributed by atoms with Crippen LogP contribution in [-0.2, 0) is 0 Å². The molecule has 0 amide bonds. The normalized spacial score (nSPS) is 25.9. The minimum atomic E-state index is 0.238. The minimum absolute atomic E-state index is 0.238. The van der Waals surface area contributed by atoms with Crippen molar-refractivity contribution in [2.45, 2.75) is 18.9 Å². The number of hydrogen-bond donors (Lipinski definition) is 1. The van der Waals surface area contributed by atoms with Crippen LogP contribution in [0.15, 0.2) is 24.3 Å². The van der Waals surface area contributed by atoms with Crippen molar-refractivity contribution in [2.24, 2.45) is 5.73 Å². The topological polar surface area (TPSA) is 38.5 Å². The van der Waals surface area contributed by atoms with Gasteiger partial charge in [0, 0.05) is 25.0 Å². The lowest BCUT2D eigenvalue weighted by Gasteiger charge is -2.15. The monoisotopic (exact) mass is 220 g/mol. The molecule has 2 atom stereocenters. The van der Waals surface area contributed by atoms with Gasteiger partial charge in [0.15, 0.2) is 0 Å². The first-order valence-corrected chi connectivity index (χ1v) is 5.87. The molecule has 1 aliphatic heterocycles. The van der Waals surface area contributed by atoms with Gasteiger partial charge in [0.1, 0.15) is 5.75 Å². The Hall–Kier alpha value is -1.06. The van der Waals surface area contributed by atoms with E-state index in [2.05, 4.69) is 24.1 Å². The Balaban J connectivity index is 2.16. The molecule has 0 saturated carbocycles. The van der Waals surface area contributed by atoms with Crippen molar-refractivity contribution in [1.82, 2.24) is 4.90 Å². The average molecular weight is 220 g/mol. The zero-order valence-corrected chi connectivity index (χ0v) is 10.0. The molecular weight excluding hydrogens is 200 g/mol. The average Bonchev–Trinajstić information content (AvgIpc) is 2.59. The van der Waals surface area contributed by atoms with Crippen LogP contribution in [0.2, 0.25) is 0 Å². The van der Waals surface area contributed by atoms with Crippen LogP contribution in [0, 0.1) is 0 Å². The first-order chi connectivity index (χ1) is 7.70. The predicted octanol–water partition coefficient (Wildman–Crippen LogP) is 1.44. The van der Waals surface area contributed by atoms with Gasteiger partial charge in [-0.15, -0.1) is 0 Å². The standard InChI is InChI=1S/C13H20N2O/c1-3-16-11-6-4-5-10(7-11)12-8-15(2)9-13(12)14/h4-7,12-13H,3,8-9,14H2,1-2H3/t12-,13+/m1/s1. The molecule has 2 rings (SSSR count). The number of likely N-dealkylation sites (N-methyl/N-ethyl adjacent to an activating group) is 1. The molecule has 0 unspecified atom stereocenters. The number of rotatable bonds is 3. The molecule has 1 aliphatic rings. The Morgan fingerprint density at radius 3 is 2.88 bits per heavy atom. The van der Waals surface area contributed by atoms with Gasteiger partial charge < -0.3 is 15.4 Å². The van der Waals surface area contributed by atoms with E-state index >= 15 is 0 Å². The van der Waals surface area contributed by atoms with E-state index in [0.29, 0.717) is 12.5 Å². The van der Waals surface area contributed by atoms with Gasteiger partial charge in [-0.3, -0.25) is 0 Å². The van der Waals surface area contributed by atoms with Crippen molar-refractivity contribution in [3.05, 3.63) is 29.8 Å². The van der Waals surface area contributed by atoms with Gasteiger partial charge in [0.05, 0.1) is 6.61 Å². The fraction of sp³-hybridized carbons (Fsp3) is 0.538. The van der Waals surface area contributed by atoms with Crippen LogP contribution < -0.4 is 10.5 Å². The van der Waals surface area contributed by atoms with E-state index in [9.17, 15) is 0 Å². The fourth-order valence-electron chi connectivity index (χ4n) is 2.39. The molecule has 16 heavy (non-hydrogen) atoms. The molecule has 0 spiro atoms. The van der Waals surface area contributed by atoms with Gasteiger partial charge in [-0.2, -0.15) is 0 Å². The van der Waals surface area contributed by atoms with Crippen LogP contribution in [0.4, 0.5) is 0 Å². The third-order valence-electron chi connectivity index (χ3n) is 3.14. The Kier molecular flexibility index (Phi) is 3.46.